The minimum Gasteiger partial charge on any atom is -0.390 e. The van der Waals surface area contributed by atoms with E-state index < -0.39 is 41.7 Å². The Labute approximate surface area is 134 Å². The van der Waals surface area contributed by atoms with Gasteiger partial charge in [0.2, 0.25) is 0 Å². The molecule has 0 bridgehead atoms. The number of ether oxygens (including phenoxy) is 2. The first-order valence-corrected chi connectivity index (χ1v) is 7.70. The van der Waals surface area contributed by atoms with E-state index in [2.05, 4.69) is 12.3 Å². The second-order valence-electron chi connectivity index (χ2n) is 6.92. The second kappa shape index (κ2) is 4.92. The van der Waals surface area contributed by atoms with Gasteiger partial charge in [0.05, 0.1) is 16.7 Å². The van der Waals surface area contributed by atoms with Gasteiger partial charge < -0.3 is 24.8 Å². The fourth-order valence-electron chi connectivity index (χ4n) is 3.31. The lowest BCUT2D eigenvalue weighted by Crippen LogP contribution is -2.63. The summed E-state index contributed by atoms with van der Waals surface area (Å²) in [5.41, 5.74) is 2.00. The van der Waals surface area contributed by atoms with E-state index in [9.17, 15) is 15.3 Å². The van der Waals surface area contributed by atoms with Crippen LogP contribution < -0.4 is 0 Å². The molecule has 0 radical (unpaired) electrons. The number of hydrogen-bond donors (Lipinski definition) is 3. The van der Waals surface area contributed by atoms with E-state index in [4.69, 9.17) is 21.1 Å². The van der Waals surface area contributed by atoms with Gasteiger partial charge in [-0.2, -0.15) is 0 Å². The molecule has 0 unspecified atom stereocenters. The lowest BCUT2D eigenvalue weighted by molar-refractivity contribution is -0.223. The average Bonchev–Trinajstić information content (AvgIpc) is 3.13. The number of allylic oxidation sites excluding steroid dienone is 1. The van der Waals surface area contributed by atoms with E-state index in [1.807, 2.05) is 0 Å². The number of aliphatic hydroxyl groups excluding tert-OH is 3. The minimum atomic E-state index is -1.10. The SMILES string of the molecule is C=C(C)C(Cl)=C=C1[C@@H](O)[C@@H]2OC(C)(C)[C@H](O)C[C@@]23O[C@H]3[C@@H]1O. The Morgan fingerprint density at radius 2 is 1.77 bits per heavy atom. The van der Waals surface area contributed by atoms with Crippen LogP contribution >= 0.6 is 11.6 Å². The number of halogens is 1. The molecule has 6 heteroatoms. The van der Waals surface area contributed by atoms with Crippen molar-refractivity contribution < 1.29 is 24.8 Å². The third kappa shape index (κ3) is 2.21. The standard InChI is InChI=1S/C16H21ClO5/c1-7(2)9(17)5-8-11(19)13-16(14(22-16)12(8)20)6-10(18)15(3,4)21-13/h10-14,18-20H,1,6H2,2-4H3/t5?,10-,11-,12-,13+,14+,16-/m1/s1. The molecule has 22 heavy (non-hydrogen) atoms. The van der Waals surface area contributed by atoms with Gasteiger partial charge in [-0.3, -0.25) is 0 Å². The molecule has 0 aromatic rings. The minimum absolute atomic E-state index is 0.239. The molecule has 0 amide bonds. The lowest BCUT2D eigenvalue weighted by atomic mass is 9.72. The molecule has 0 aromatic heterocycles. The summed E-state index contributed by atoms with van der Waals surface area (Å²) in [6.07, 6.45) is -3.74. The van der Waals surface area contributed by atoms with Gasteiger partial charge in [0.25, 0.3) is 0 Å². The molecule has 3 N–H and O–H groups in total. The normalized spacial score (nSPS) is 45.4. The van der Waals surface area contributed by atoms with Gasteiger partial charge in [0, 0.05) is 12.0 Å². The van der Waals surface area contributed by atoms with Crippen molar-refractivity contribution >= 4 is 11.6 Å². The first kappa shape index (κ1) is 16.2. The second-order valence-corrected chi connectivity index (χ2v) is 7.30. The Hall–Kier alpha value is -0.650. The van der Waals surface area contributed by atoms with Crippen LogP contribution in [0.5, 0.6) is 0 Å². The summed E-state index contributed by atoms with van der Waals surface area (Å²) in [6, 6.07) is 0. The van der Waals surface area contributed by atoms with E-state index >= 15 is 0 Å². The molecular formula is C16H21ClO5. The zero-order valence-corrected chi connectivity index (χ0v) is 13.6. The van der Waals surface area contributed by atoms with Gasteiger partial charge in [0.15, 0.2) is 0 Å². The maximum Gasteiger partial charge on any atom is 0.129 e. The molecule has 0 aromatic carbocycles. The Bertz CT molecular complexity index is 591. The van der Waals surface area contributed by atoms with Crippen LogP contribution in [0.4, 0.5) is 0 Å². The molecule has 1 spiro atoms. The average molecular weight is 329 g/mol. The fourth-order valence-corrected chi connectivity index (χ4v) is 3.42. The van der Waals surface area contributed by atoms with Crippen molar-refractivity contribution in [2.75, 3.05) is 0 Å². The summed E-state index contributed by atoms with van der Waals surface area (Å²) < 4.78 is 11.6. The van der Waals surface area contributed by atoms with Crippen LogP contribution in [0.2, 0.25) is 0 Å². The molecule has 6 atom stereocenters. The molecule has 3 aliphatic rings. The van der Waals surface area contributed by atoms with Gasteiger partial charge in [-0.25, -0.2) is 0 Å². The molecule has 2 saturated heterocycles. The van der Waals surface area contributed by atoms with Crippen molar-refractivity contribution in [3.8, 4) is 0 Å². The van der Waals surface area contributed by atoms with Crippen LogP contribution in [-0.2, 0) is 9.47 Å². The fraction of sp³-hybridized carbons (Fsp3) is 0.688. The molecule has 3 rings (SSSR count). The molecular weight excluding hydrogens is 308 g/mol. The van der Waals surface area contributed by atoms with E-state index in [1.165, 1.54) is 0 Å². The maximum atomic E-state index is 10.6. The topological polar surface area (TPSA) is 82.5 Å². The van der Waals surface area contributed by atoms with Gasteiger partial charge >= 0.3 is 0 Å². The molecule has 122 valence electrons. The third-order valence-corrected chi connectivity index (χ3v) is 5.25. The Morgan fingerprint density at radius 1 is 1.23 bits per heavy atom. The lowest BCUT2D eigenvalue weighted by Gasteiger charge is -2.47. The molecule has 1 aliphatic carbocycles. The highest BCUT2D eigenvalue weighted by Crippen LogP contribution is 2.57. The molecule has 2 heterocycles. The molecule has 1 saturated carbocycles. The third-order valence-electron chi connectivity index (χ3n) is 4.84. The van der Waals surface area contributed by atoms with Crippen LogP contribution in [0.15, 0.2) is 28.5 Å². The van der Waals surface area contributed by atoms with Crippen molar-refractivity contribution in [3.05, 3.63) is 28.5 Å². The van der Waals surface area contributed by atoms with Crippen LogP contribution in [0.25, 0.3) is 0 Å². The number of hydrogen-bond acceptors (Lipinski definition) is 5. The Morgan fingerprint density at radius 3 is 2.32 bits per heavy atom. The van der Waals surface area contributed by atoms with E-state index in [0.717, 1.165) is 0 Å². The largest absolute Gasteiger partial charge is 0.390 e. The van der Waals surface area contributed by atoms with E-state index in [1.54, 1.807) is 20.8 Å². The summed E-state index contributed by atoms with van der Waals surface area (Å²) in [7, 11) is 0. The van der Waals surface area contributed by atoms with Crippen molar-refractivity contribution in [2.45, 2.75) is 68.9 Å². The predicted octanol–water partition coefficient (Wildman–Crippen LogP) is 1.01. The van der Waals surface area contributed by atoms with Crippen molar-refractivity contribution in [1.82, 2.24) is 0 Å². The van der Waals surface area contributed by atoms with Gasteiger partial charge in [-0.15, -0.1) is 0 Å². The quantitative estimate of drug-likeness (QED) is 0.380. The van der Waals surface area contributed by atoms with Crippen molar-refractivity contribution in [3.63, 3.8) is 0 Å². The zero-order chi connectivity index (χ0) is 16.4. The van der Waals surface area contributed by atoms with Crippen LogP contribution in [-0.4, -0.2) is 57.0 Å². The zero-order valence-electron chi connectivity index (χ0n) is 12.8. The summed E-state index contributed by atoms with van der Waals surface area (Å²) in [5, 5.41) is 31.5. The smallest absolute Gasteiger partial charge is 0.129 e. The highest BCUT2D eigenvalue weighted by Gasteiger charge is 2.74. The summed E-state index contributed by atoms with van der Waals surface area (Å²) >= 11 is 6.03. The summed E-state index contributed by atoms with van der Waals surface area (Å²) in [4.78, 5) is 0. The van der Waals surface area contributed by atoms with Crippen LogP contribution in [0.3, 0.4) is 0 Å². The van der Waals surface area contributed by atoms with Gasteiger partial charge in [-0.05, 0) is 26.3 Å². The summed E-state index contributed by atoms with van der Waals surface area (Å²) in [6.45, 7) is 8.95. The Kier molecular flexibility index (Phi) is 3.63. The van der Waals surface area contributed by atoms with E-state index in [-0.39, 0.29) is 10.6 Å². The van der Waals surface area contributed by atoms with Crippen LogP contribution in [0.1, 0.15) is 27.2 Å². The van der Waals surface area contributed by atoms with Crippen molar-refractivity contribution in [2.24, 2.45) is 0 Å². The van der Waals surface area contributed by atoms with Gasteiger partial charge in [-0.1, -0.05) is 23.9 Å². The molecule has 3 fully saturated rings. The Balaban J connectivity index is 2.02. The number of aliphatic hydroxyl groups is 3. The first-order valence-electron chi connectivity index (χ1n) is 7.32. The van der Waals surface area contributed by atoms with Gasteiger partial charge in [0.1, 0.15) is 30.0 Å². The molecule has 2 aliphatic heterocycles. The highest BCUT2D eigenvalue weighted by molar-refractivity contribution is 6.31. The molecule has 5 nitrogen and oxygen atoms in total. The van der Waals surface area contributed by atoms with Crippen molar-refractivity contribution in [1.29, 1.82) is 0 Å². The number of epoxide rings is 1. The monoisotopic (exact) mass is 328 g/mol. The van der Waals surface area contributed by atoms with Crippen LogP contribution in [0, 0.1) is 0 Å². The number of rotatable bonds is 1. The van der Waals surface area contributed by atoms with E-state index in [0.29, 0.717) is 12.0 Å². The summed E-state index contributed by atoms with van der Waals surface area (Å²) in [5.74, 6) is 0. The highest BCUT2D eigenvalue weighted by atomic mass is 35.5. The first-order chi connectivity index (χ1) is 10.1. The predicted molar refractivity (Wildman–Crippen MR) is 80.4 cm³/mol. The maximum absolute atomic E-state index is 10.6.